The summed E-state index contributed by atoms with van der Waals surface area (Å²) in [5.41, 5.74) is 4.57. The van der Waals surface area contributed by atoms with Crippen LogP contribution < -0.4 is 10.1 Å². The molecule has 1 N–H and O–H groups in total. The van der Waals surface area contributed by atoms with Crippen LogP contribution in [-0.2, 0) is 6.42 Å². The van der Waals surface area contributed by atoms with E-state index in [0.29, 0.717) is 11.3 Å². The first-order valence-corrected chi connectivity index (χ1v) is 11.7. The van der Waals surface area contributed by atoms with Crippen molar-refractivity contribution in [1.29, 1.82) is 0 Å². The van der Waals surface area contributed by atoms with E-state index in [2.05, 4.69) is 12.2 Å². The monoisotopic (exact) mass is 419 g/mol. The van der Waals surface area contributed by atoms with E-state index in [1.165, 1.54) is 44.1 Å². The van der Waals surface area contributed by atoms with Crippen LogP contribution >= 0.6 is 0 Å². The molecule has 3 aromatic rings. The molecular formula is C27H33NO3. The van der Waals surface area contributed by atoms with Crippen LogP contribution in [0, 0.1) is 6.92 Å². The number of nitrogens with one attached hydrogen (secondary N) is 1. The maximum atomic E-state index is 13.0. The van der Waals surface area contributed by atoms with Crippen LogP contribution in [-0.4, -0.2) is 19.6 Å². The standard InChI is InChI=1S/C27H33NO3/c1-19-12-14-20(15-13-19)26-25(27(29)28-2)24-21-11-9-7-5-3-4-6-8-10-18-30-22(21)16-17-23(24)31-26/h12-17H,3-11,18H2,1-2H3,(H,28,29). The summed E-state index contributed by atoms with van der Waals surface area (Å²) in [5, 5.41) is 3.73. The number of carbonyl (C=O) groups excluding carboxylic acids is 1. The molecule has 0 aliphatic carbocycles. The van der Waals surface area contributed by atoms with Crippen LogP contribution in [0.3, 0.4) is 0 Å². The fraction of sp³-hybridized carbons (Fsp3) is 0.444. The molecule has 164 valence electrons. The lowest BCUT2D eigenvalue weighted by Crippen LogP contribution is -2.18. The average molecular weight is 420 g/mol. The normalized spacial score (nSPS) is 15.8. The lowest BCUT2D eigenvalue weighted by Gasteiger charge is -2.13. The minimum Gasteiger partial charge on any atom is -0.493 e. The second-order valence-corrected chi connectivity index (χ2v) is 8.59. The van der Waals surface area contributed by atoms with Gasteiger partial charge in [-0.1, -0.05) is 68.4 Å². The Morgan fingerprint density at radius 3 is 2.26 bits per heavy atom. The highest BCUT2D eigenvalue weighted by Gasteiger charge is 2.25. The zero-order valence-electron chi connectivity index (χ0n) is 18.8. The Balaban J connectivity index is 1.84. The molecule has 0 saturated carbocycles. The van der Waals surface area contributed by atoms with E-state index in [4.69, 9.17) is 9.15 Å². The molecule has 1 amide bonds. The number of carbonyl (C=O) groups is 1. The molecular weight excluding hydrogens is 386 g/mol. The first kappa shape index (κ1) is 21.5. The summed E-state index contributed by atoms with van der Waals surface area (Å²) in [6, 6.07) is 12.1. The second-order valence-electron chi connectivity index (χ2n) is 8.59. The van der Waals surface area contributed by atoms with E-state index in [1.807, 2.05) is 36.4 Å². The van der Waals surface area contributed by atoms with Crippen molar-refractivity contribution < 1.29 is 13.9 Å². The van der Waals surface area contributed by atoms with Gasteiger partial charge in [-0.15, -0.1) is 0 Å². The molecule has 31 heavy (non-hydrogen) atoms. The summed E-state index contributed by atoms with van der Waals surface area (Å²) in [7, 11) is 1.68. The van der Waals surface area contributed by atoms with Gasteiger partial charge in [-0.3, -0.25) is 4.79 Å². The van der Waals surface area contributed by atoms with Gasteiger partial charge in [0.25, 0.3) is 5.91 Å². The Morgan fingerprint density at radius 1 is 0.871 bits per heavy atom. The minimum absolute atomic E-state index is 0.120. The number of hydrogen-bond donors (Lipinski definition) is 1. The van der Waals surface area contributed by atoms with Crippen LogP contribution in [0.5, 0.6) is 5.75 Å². The molecule has 0 bridgehead atoms. The molecule has 2 aromatic carbocycles. The van der Waals surface area contributed by atoms with Crippen molar-refractivity contribution in [1.82, 2.24) is 5.32 Å². The zero-order valence-corrected chi connectivity index (χ0v) is 18.8. The number of hydrogen-bond acceptors (Lipinski definition) is 3. The lowest BCUT2D eigenvalue weighted by atomic mass is 9.96. The van der Waals surface area contributed by atoms with Gasteiger partial charge in [-0.2, -0.15) is 0 Å². The van der Waals surface area contributed by atoms with Gasteiger partial charge >= 0.3 is 0 Å². The van der Waals surface area contributed by atoms with Crippen LogP contribution in [0.15, 0.2) is 40.8 Å². The van der Waals surface area contributed by atoms with Gasteiger partial charge < -0.3 is 14.5 Å². The van der Waals surface area contributed by atoms with Crippen LogP contribution in [0.1, 0.15) is 72.9 Å². The largest absolute Gasteiger partial charge is 0.493 e. The number of furan rings is 1. The molecule has 0 unspecified atom stereocenters. The van der Waals surface area contributed by atoms with E-state index in [1.54, 1.807) is 7.05 Å². The smallest absolute Gasteiger partial charge is 0.255 e. The molecule has 0 spiro atoms. The molecule has 1 aliphatic rings. The molecule has 4 rings (SSSR count). The number of ether oxygens (including phenoxy) is 1. The molecule has 4 heteroatoms. The molecule has 0 fully saturated rings. The number of benzene rings is 2. The van der Waals surface area contributed by atoms with Crippen molar-refractivity contribution in [3.8, 4) is 17.1 Å². The van der Waals surface area contributed by atoms with Crippen molar-refractivity contribution in [2.45, 2.75) is 64.7 Å². The SMILES string of the molecule is CNC(=O)c1c(-c2ccc(C)cc2)oc2ccc3c(c12)CCCCCCCCCCO3. The fourth-order valence-corrected chi connectivity index (χ4v) is 4.52. The van der Waals surface area contributed by atoms with Crippen molar-refractivity contribution in [2.75, 3.05) is 13.7 Å². The molecule has 4 nitrogen and oxygen atoms in total. The summed E-state index contributed by atoms with van der Waals surface area (Å²) in [5.74, 6) is 1.41. The van der Waals surface area contributed by atoms with Crippen LogP contribution in [0.25, 0.3) is 22.3 Å². The summed E-state index contributed by atoms with van der Waals surface area (Å²) < 4.78 is 12.5. The molecule has 0 atom stereocenters. The topological polar surface area (TPSA) is 51.5 Å². The van der Waals surface area contributed by atoms with Crippen LogP contribution in [0.4, 0.5) is 0 Å². The van der Waals surface area contributed by atoms with E-state index >= 15 is 0 Å². The third-order valence-electron chi connectivity index (χ3n) is 6.27. The van der Waals surface area contributed by atoms with Gasteiger partial charge in [0.2, 0.25) is 0 Å². The maximum Gasteiger partial charge on any atom is 0.255 e. The van der Waals surface area contributed by atoms with Crippen molar-refractivity contribution in [3.63, 3.8) is 0 Å². The maximum absolute atomic E-state index is 13.0. The van der Waals surface area contributed by atoms with Gasteiger partial charge in [-0.05, 0) is 38.3 Å². The predicted octanol–water partition coefficient (Wildman–Crippen LogP) is 6.82. The molecule has 1 aromatic heterocycles. The number of rotatable bonds is 2. The highest BCUT2D eigenvalue weighted by Crippen LogP contribution is 2.40. The number of amides is 1. The van der Waals surface area contributed by atoms with Gasteiger partial charge in [-0.25, -0.2) is 0 Å². The summed E-state index contributed by atoms with van der Waals surface area (Å²) in [6.45, 7) is 2.78. The third-order valence-corrected chi connectivity index (χ3v) is 6.27. The highest BCUT2D eigenvalue weighted by molar-refractivity contribution is 6.12. The molecule has 1 aliphatic heterocycles. The van der Waals surface area contributed by atoms with Crippen molar-refractivity contribution >= 4 is 16.9 Å². The Kier molecular flexibility index (Phi) is 6.96. The summed E-state index contributed by atoms with van der Waals surface area (Å²) in [4.78, 5) is 13.0. The van der Waals surface area contributed by atoms with E-state index in [-0.39, 0.29) is 5.91 Å². The highest BCUT2D eigenvalue weighted by atomic mass is 16.5. The molecule has 0 saturated heterocycles. The Morgan fingerprint density at radius 2 is 1.55 bits per heavy atom. The lowest BCUT2D eigenvalue weighted by molar-refractivity contribution is 0.0964. The van der Waals surface area contributed by atoms with Crippen molar-refractivity contribution in [3.05, 3.63) is 53.1 Å². The van der Waals surface area contributed by atoms with Gasteiger partial charge in [0, 0.05) is 23.6 Å². The van der Waals surface area contributed by atoms with E-state index < -0.39 is 0 Å². The Hall–Kier alpha value is -2.75. The second kappa shape index (κ2) is 10.0. The third kappa shape index (κ3) is 4.79. The van der Waals surface area contributed by atoms with Crippen LogP contribution in [0.2, 0.25) is 0 Å². The van der Waals surface area contributed by atoms with E-state index in [9.17, 15) is 4.79 Å². The molecule has 0 radical (unpaired) electrons. The average Bonchev–Trinajstić information content (AvgIpc) is 3.18. The van der Waals surface area contributed by atoms with Gasteiger partial charge in [0.05, 0.1) is 12.2 Å². The summed E-state index contributed by atoms with van der Waals surface area (Å²) >= 11 is 0. The zero-order chi connectivity index (χ0) is 21.6. The minimum atomic E-state index is -0.120. The Labute approximate surface area is 185 Å². The van der Waals surface area contributed by atoms with Gasteiger partial charge in [0.1, 0.15) is 17.1 Å². The summed E-state index contributed by atoms with van der Waals surface area (Å²) in [6.07, 6.45) is 10.7. The number of aryl methyl sites for hydroxylation is 2. The van der Waals surface area contributed by atoms with E-state index in [0.717, 1.165) is 53.7 Å². The first-order valence-electron chi connectivity index (χ1n) is 11.7. The first-order chi connectivity index (χ1) is 15.2. The van der Waals surface area contributed by atoms with Crippen molar-refractivity contribution in [2.24, 2.45) is 0 Å². The van der Waals surface area contributed by atoms with Gasteiger partial charge in [0.15, 0.2) is 0 Å². The number of fused-ring (bicyclic) bond motifs is 3. The quantitative estimate of drug-likeness (QED) is 0.496. The molecule has 2 heterocycles. The predicted molar refractivity (Wildman–Crippen MR) is 126 cm³/mol. The fourth-order valence-electron chi connectivity index (χ4n) is 4.52. The Bertz CT molecular complexity index is 1030.